The molecule has 2 aromatic heterocycles. The van der Waals surface area contributed by atoms with E-state index in [9.17, 15) is 0 Å². The first-order valence-electron chi connectivity index (χ1n) is 6.33. The van der Waals surface area contributed by atoms with Crippen LogP contribution in [0.5, 0.6) is 11.8 Å². The molecule has 2 heterocycles. The van der Waals surface area contributed by atoms with Crippen LogP contribution in [0.1, 0.15) is 12.6 Å². The molecule has 0 unspecified atom stereocenters. The predicted octanol–water partition coefficient (Wildman–Crippen LogP) is 2.63. The first kappa shape index (κ1) is 17.6. The lowest BCUT2D eigenvalue weighted by molar-refractivity contribution is 0.297. The van der Waals surface area contributed by atoms with Gasteiger partial charge in [0.15, 0.2) is 5.15 Å². The normalized spacial score (nSPS) is 9.27. The Bertz CT molecular complexity index is 576. The van der Waals surface area contributed by atoms with Crippen LogP contribution in [0.4, 0.5) is 0 Å². The minimum absolute atomic E-state index is 0.371. The second kappa shape index (κ2) is 9.51. The van der Waals surface area contributed by atoms with E-state index in [4.69, 9.17) is 25.8 Å². The van der Waals surface area contributed by atoms with Gasteiger partial charge in [-0.2, -0.15) is 0 Å². The first-order chi connectivity index (χ1) is 10.6. The van der Waals surface area contributed by atoms with Gasteiger partial charge in [-0.3, -0.25) is 0 Å². The zero-order chi connectivity index (χ0) is 16.4. The van der Waals surface area contributed by atoms with Crippen LogP contribution in [0.15, 0.2) is 30.8 Å². The Hall–Kier alpha value is -2.41. The largest absolute Gasteiger partial charge is 0.492 e. The highest BCUT2D eigenvalue weighted by molar-refractivity contribution is 6.29. The Labute approximate surface area is 133 Å². The third-order valence-corrected chi connectivity index (χ3v) is 2.47. The van der Waals surface area contributed by atoms with Crippen molar-refractivity contribution < 1.29 is 14.2 Å². The monoisotopic (exact) mass is 324 g/mol. The maximum atomic E-state index is 5.44. The molecule has 0 aromatic carbocycles. The molecule has 0 aliphatic rings. The van der Waals surface area contributed by atoms with Crippen molar-refractivity contribution in [2.45, 2.75) is 6.92 Å². The summed E-state index contributed by atoms with van der Waals surface area (Å²) >= 11 is 5.44. The number of methoxy groups -OCH3 is 2. The fourth-order valence-corrected chi connectivity index (χ4v) is 1.34. The molecule has 0 fully saturated rings. The van der Waals surface area contributed by atoms with Crippen LogP contribution in [-0.4, -0.2) is 41.2 Å². The summed E-state index contributed by atoms with van der Waals surface area (Å²) in [6.07, 6.45) is 0. The van der Waals surface area contributed by atoms with E-state index in [-0.39, 0.29) is 0 Å². The first-order valence-corrected chi connectivity index (χ1v) is 6.71. The Morgan fingerprint density at radius 2 is 1.59 bits per heavy atom. The highest BCUT2D eigenvalue weighted by Crippen LogP contribution is 2.12. The van der Waals surface area contributed by atoms with E-state index in [1.807, 2.05) is 6.92 Å². The van der Waals surface area contributed by atoms with Crippen LogP contribution in [0.25, 0.3) is 5.76 Å². The van der Waals surface area contributed by atoms with Gasteiger partial charge in [-0.05, 0) is 19.1 Å². The van der Waals surface area contributed by atoms with Crippen LogP contribution < -0.4 is 9.47 Å². The maximum absolute atomic E-state index is 5.44. The van der Waals surface area contributed by atoms with Gasteiger partial charge in [0.1, 0.15) is 11.5 Å². The lowest BCUT2D eigenvalue weighted by Gasteiger charge is -2.04. The zero-order valence-corrected chi connectivity index (χ0v) is 13.4. The Balaban J connectivity index is 0.000000235. The maximum Gasteiger partial charge on any atom is 0.233 e. The summed E-state index contributed by atoms with van der Waals surface area (Å²) in [4.78, 5) is 0. The fraction of sp³-hybridized carbons (Fsp3) is 0.286. The second-order valence-electron chi connectivity index (χ2n) is 3.72. The van der Waals surface area contributed by atoms with E-state index in [0.717, 1.165) is 0 Å². The molecular formula is C14H17ClN4O3. The molecule has 0 bridgehead atoms. The summed E-state index contributed by atoms with van der Waals surface area (Å²) in [7, 11) is 3.07. The highest BCUT2D eigenvalue weighted by atomic mass is 35.5. The molecule has 2 aromatic rings. The summed E-state index contributed by atoms with van der Waals surface area (Å²) < 4.78 is 14.8. The molecule has 22 heavy (non-hydrogen) atoms. The lowest BCUT2D eigenvalue weighted by Crippen LogP contribution is -1.97. The molecule has 0 spiro atoms. The Morgan fingerprint density at radius 3 is 2.00 bits per heavy atom. The number of nitrogens with zero attached hydrogens (tertiary/aromatic N) is 4. The summed E-state index contributed by atoms with van der Waals surface area (Å²) in [5.74, 6) is 1.48. The summed E-state index contributed by atoms with van der Waals surface area (Å²) in [6, 6.07) is 6.74. The molecule has 0 saturated heterocycles. The van der Waals surface area contributed by atoms with Crippen molar-refractivity contribution in [3.63, 3.8) is 0 Å². The Morgan fingerprint density at radius 1 is 1.00 bits per heavy atom. The van der Waals surface area contributed by atoms with Crippen molar-refractivity contribution >= 4 is 17.4 Å². The minimum atomic E-state index is 0.371. The van der Waals surface area contributed by atoms with Crippen molar-refractivity contribution in [2.75, 3.05) is 20.8 Å². The number of aromatic nitrogens is 4. The summed E-state index contributed by atoms with van der Waals surface area (Å²) in [6.45, 7) is 6.17. The van der Waals surface area contributed by atoms with Crippen molar-refractivity contribution in [1.82, 2.24) is 20.4 Å². The minimum Gasteiger partial charge on any atom is -0.492 e. The Kier molecular flexibility index (Phi) is 7.63. The fourth-order valence-electron chi connectivity index (χ4n) is 1.24. The summed E-state index contributed by atoms with van der Waals surface area (Å²) in [5, 5.41) is 15.2. The van der Waals surface area contributed by atoms with Gasteiger partial charge in [0.05, 0.1) is 20.8 Å². The number of hydrogen-bond acceptors (Lipinski definition) is 7. The van der Waals surface area contributed by atoms with E-state index in [2.05, 4.69) is 27.0 Å². The van der Waals surface area contributed by atoms with Gasteiger partial charge >= 0.3 is 0 Å². The van der Waals surface area contributed by atoms with Gasteiger partial charge in [-0.15, -0.1) is 20.4 Å². The number of rotatable bonds is 5. The molecule has 2 rings (SSSR count). The van der Waals surface area contributed by atoms with Crippen LogP contribution in [0.2, 0.25) is 5.15 Å². The van der Waals surface area contributed by atoms with E-state index in [1.165, 1.54) is 7.11 Å². The van der Waals surface area contributed by atoms with Gasteiger partial charge in [-0.1, -0.05) is 18.2 Å². The van der Waals surface area contributed by atoms with Crippen molar-refractivity contribution in [3.05, 3.63) is 41.7 Å². The van der Waals surface area contributed by atoms with Gasteiger partial charge in [0.2, 0.25) is 11.8 Å². The molecule has 0 amide bonds. The van der Waals surface area contributed by atoms with Crippen molar-refractivity contribution in [3.8, 4) is 11.8 Å². The number of ether oxygens (including phenoxy) is 3. The zero-order valence-electron chi connectivity index (χ0n) is 12.6. The molecule has 7 nitrogen and oxygen atoms in total. The quantitative estimate of drug-likeness (QED) is 0.782. The van der Waals surface area contributed by atoms with Crippen LogP contribution in [0, 0.1) is 0 Å². The summed E-state index contributed by atoms with van der Waals surface area (Å²) in [5.41, 5.74) is 0.627. The molecule has 0 N–H and O–H groups in total. The van der Waals surface area contributed by atoms with Crippen LogP contribution in [-0.2, 0) is 4.74 Å². The van der Waals surface area contributed by atoms with Crippen molar-refractivity contribution in [2.24, 2.45) is 0 Å². The molecular weight excluding hydrogens is 308 g/mol. The van der Waals surface area contributed by atoms with E-state index >= 15 is 0 Å². The molecule has 8 heteroatoms. The molecule has 0 aliphatic carbocycles. The third kappa shape index (κ3) is 5.92. The van der Waals surface area contributed by atoms with Gasteiger partial charge in [-0.25, -0.2) is 0 Å². The molecule has 0 aliphatic heterocycles. The second-order valence-corrected chi connectivity index (χ2v) is 4.10. The van der Waals surface area contributed by atoms with E-state index in [1.54, 1.807) is 31.4 Å². The SMILES string of the molecule is C=C(OCC)c1ccc(OC)nn1.COc1ccc(Cl)nn1. The standard InChI is InChI=1S/C9H12N2O2.C5H5ClN2O/c1-4-13-7(2)8-5-6-9(12-3)11-10-8;1-9-5-3-2-4(6)7-8-5/h5-6H,2,4H2,1,3H3;2-3H,1H3. The average molecular weight is 325 g/mol. The predicted molar refractivity (Wildman–Crippen MR) is 82.8 cm³/mol. The van der Waals surface area contributed by atoms with E-state index in [0.29, 0.717) is 35.0 Å². The molecule has 0 atom stereocenters. The average Bonchev–Trinajstić information content (AvgIpc) is 2.56. The lowest BCUT2D eigenvalue weighted by atomic mass is 10.3. The highest BCUT2D eigenvalue weighted by Gasteiger charge is 2.01. The smallest absolute Gasteiger partial charge is 0.233 e. The van der Waals surface area contributed by atoms with Crippen molar-refractivity contribution in [1.29, 1.82) is 0 Å². The van der Waals surface area contributed by atoms with E-state index < -0.39 is 0 Å². The topological polar surface area (TPSA) is 79.2 Å². The van der Waals surface area contributed by atoms with Gasteiger partial charge < -0.3 is 14.2 Å². The third-order valence-electron chi connectivity index (χ3n) is 2.27. The number of hydrogen-bond donors (Lipinski definition) is 0. The molecule has 118 valence electrons. The number of halogens is 1. The van der Waals surface area contributed by atoms with Crippen LogP contribution >= 0.6 is 11.6 Å². The molecule has 0 radical (unpaired) electrons. The van der Waals surface area contributed by atoms with Crippen LogP contribution in [0.3, 0.4) is 0 Å². The van der Waals surface area contributed by atoms with Gasteiger partial charge in [0, 0.05) is 12.1 Å². The van der Waals surface area contributed by atoms with Gasteiger partial charge in [0.25, 0.3) is 0 Å². The molecule has 0 saturated carbocycles.